The summed E-state index contributed by atoms with van der Waals surface area (Å²) in [4.78, 5) is 19.5. The molecule has 1 amide bonds. The fraction of sp³-hybridized carbons (Fsp3) is 0.158. The molecule has 0 radical (unpaired) electrons. The zero-order valence-electron chi connectivity index (χ0n) is 13.5. The molecule has 1 aliphatic heterocycles. The van der Waals surface area contributed by atoms with Crippen molar-refractivity contribution in [3.05, 3.63) is 75.5 Å². The highest BCUT2D eigenvalue weighted by Crippen LogP contribution is 2.31. The second-order valence-corrected chi connectivity index (χ2v) is 7.14. The van der Waals surface area contributed by atoms with E-state index in [2.05, 4.69) is 4.98 Å². The number of hydrogen-bond acceptors (Lipinski definition) is 4. The highest BCUT2D eigenvalue weighted by molar-refractivity contribution is 7.11. The summed E-state index contributed by atoms with van der Waals surface area (Å²) in [6.45, 7) is 2.87. The van der Waals surface area contributed by atoms with Gasteiger partial charge in [0.05, 0.1) is 16.4 Å². The molecular formula is C19H15FN2O2S. The molecule has 4 rings (SSSR count). The fourth-order valence-corrected chi connectivity index (χ4v) is 3.55. The molecule has 6 heteroatoms. The van der Waals surface area contributed by atoms with Crippen LogP contribution in [0.1, 0.15) is 25.8 Å². The number of carbonyl (C=O) groups is 1. The Labute approximate surface area is 148 Å². The number of thiazole rings is 1. The zero-order valence-corrected chi connectivity index (χ0v) is 14.3. The van der Waals surface area contributed by atoms with E-state index in [-0.39, 0.29) is 11.7 Å². The van der Waals surface area contributed by atoms with Crippen LogP contribution in [-0.2, 0) is 13.2 Å². The molecule has 1 aliphatic rings. The molecule has 2 heterocycles. The highest BCUT2D eigenvalue weighted by atomic mass is 32.1. The van der Waals surface area contributed by atoms with Crippen molar-refractivity contribution in [2.45, 2.75) is 20.1 Å². The number of amides is 1. The van der Waals surface area contributed by atoms with E-state index in [4.69, 9.17) is 4.74 Å². The number of anilines is 1. The Morgan fingerprint density at radius 3 is 2.76 bits per heavy atom. The Balaban J connectivity index is 1.51. The van der Waals surface area contributed by atoms with Crippen LogP contribution < -0.4 is 9.64 Å². The average molecular weight is 354 g/mol. The number of carbonyl (C=O) groups excluding carboxylic acids is 1. The molecule has 0 unspecified atom stereocenters. The van der Waals surface area contributed by atoms with Gasteiger partial charge in [0.15, 0.2) is 0 Å². The summed E-state index contributed by atoms with van der Waals surface area (Å²) in [7, 11) is 0. The minimum Gasteiger partial charge on any atom is -0.488 e. The average Bonchev–Trinajstić information content (AvgIpc) is 3.17. The van der Waals surface area contributed by atoms with E-state index < -0.39 is 0 Å². The molecule has 1 aromatic heterocycles. The first-order valence-corrected chi connectivity index (χ1v) is 8.66. The van der Waals surface area contributed by atoms with Crippen LogP contribution in [-0.4, -0.2) is 10.9 Å². The smallest absolute Gasteiger partial charge is 0.258 e. The Bertz CT molecular complexity index is 937. The highest BCUT2D eigenvalue weighted by Gasteiger charge is 2.28. The molecule has 25 heavy (non-hydrogen) atoms. The molecule has 4 nitrogen and oxygen atoms in total. The third-order valence-corrected chi connectivity index (χ3v) is 4.96. The first kappa shape index (κ1) is 15.8. The lowest BCUT2D eigenvalue weighted by Crippen LogP contribution is -2.22. The van der Waals surface area contributed by atoms with Crippen LogP contribution in [0.25, 0.3) is 0 Å². The topological polar surface area (TPSA) is 42.4 Å². The van der Waals surface area contributed by atoms with E-state index in [1.54, 1.807) is 40.5 Å². The van der Waals surface area contributed by atoms with E-state index in [0.717, 1.165) is 21.2 Å². The van der Waals surface area contributed by atoms with Crippen LogP contribution in [0.15, 0.2) is 48.7 Å². The van der Waals surface area contributed by atoms with Gasteiger partial charge in [-0.05, 0) is 55.0 Å². The zero-order chi connectivity index (χ0) is 17.4. The van der Waals surface area contributed by atoms with Crippen molar-refractivity contribution >= 4 is 22.9 Å². The van der Waals surface area contributed by atoms with Gasteiger partial charge in [0, 0.05) is 17.4 Å². The molecule has 3 aromatic rings. The van der Waals surface area contributed by atoms with Crippen molar-refractivity contribution in [2.75, 3.05) is 4.90 Å². The summed E-state index contributed by atoms with van der Waals surface area (Å²) in [5, 5.41) is 1.01. The predicted octanol–water partition coefficient (Wildman–Crippen LogP) is 4.33. The van der Waals surface area contributed by atoms with E-state index in [1.165, 1.54) is 12.1 Å². The summed E-state index contributed by atoms with van der Waals surface area (Å²) in [6.07, 6.45) is 1.81. The minimum atomic E-state index is -0.318. The van der Waals surface area contributed by atoms with Crippen molar-refractivity contribution in [3.63, 3.8) is 0 Å². The van der Waals surface area contributed by atoms with Crippen molar-refractivity contribution < 1.29 is 13.9 Å². The molecule has 0 saturated heterocycles. The Kier molecular flexibility index (Phi) is 3.97. The molecular weight excluding hydrogens is 339 g/mol. The maximum atomic E-state index is 13.1. The normalized spacial score (nSPS) is 13.2. The maximum absolute atomic E-state index is 13.1. The van der Waals surface area contributed by atoms with Gasteiger partial charge in [-0.2, -0.15) is 0 Å². The molecule has 0 spiro atoms. The third-order valence-electron chi connectivity index (χ3n) is 4.07. The number of ether oxygens (including phenoxy) is 1. The molecule has 0 bridgehead atoms. The SMILES string of the molecule is Cc1ncc(COc2ccc3c(c2)CN(c2ccc(F)cc2)C3=O)s1. The van der Waals surface area contributed by atoms with Crippen molar-refractivity contribution in [1.29, 1.82) is 0 Å². The first-order valence-electron chi connectivity index (χ1n) is 7.84. The minimum absolute atomic E-state index is 0.0776. The quantitative estimate of drug-likeness (QED) is 0.700. The number of benzene rings is 2. The van der Waals surface area contributed by atoms with Gasteiger partial charge >= 0.3 is 0 Å². The van der Waals surface area contributed by atoms with Crippen LogP contribution in [0.4, 0.5) is 10.1 Å². The number of rotatable bonds is 4. The Morgan fingerprint density at radius 2 is 2.04 bits per heavy atom. The van der Waals surface area contributed by atoms with E-state index >= 15 is 0 Å². The largest absolute Gasteiger partial charge is 0.488 e. The molecule has 0 N–H and O–H groups in total. The monoisotopic (exact) mass is 354 g/mol. The van der Waals surface area contributed by atoms with Crippen LogP contribution >= 0.6 is 11.3 Å². The van der Waals surface area contributed by atoms with Crippen LogP contribution in [0, 0.1) is 12.7 Å². The summed E-state index contributed by atoms with van der Waals surface area (Å²) in [5.41, 5.74) is 2.25. The van der Waals surface area contributed by atoms with Gasteiger partial charge in [0.2, 0.25) is 0 Å². The van der Waals surface area contributed by atoms with Crippen LogP contribution in [0.3, 0.4) is 0 Å². The van der Waals surface area contributed by atoms with Gasteiger partial charge < -0.3 is 9.64 Å². The number of nitrogens with zero attached hydrogens (tertiary/aromatic N) is 2. The maximum Gasteiger partial charge on any atom is 0.258 e. The molecule has 0 aliphatic carbocycles. The number of aryl methyl sites for hydroxylation is 1. The molecule has 0 atom stereocenters. The van der Waals surface area contributed by atoms with Gasteiger partial charge in [-0.1, -0.05) is 0 Å². The predicted molar refractivity (Wildman–Crippen MR) is 94.5 cm³/mol. The van der Waals surface area contributed by atoms with Gasteiger partial charge in [0.1, 0.15) is 18.2 Å². The lowest BCUT2D eigenvalue weighted by atomic mass is 10.1. The molecule has 2 aromatic carbocycles. The van der Waals surface area contributed by atoms with Crippen molar-refractivity contribution in [3.8, 4) is 5.75 Å². The summed E-state index contributed by atoms with van der Waals surface area (Å²) < 4.78 is 18.9. The third kappa shape index (κ3) is 3.13. The molecule has 0 fully saturated rings. The standard InChI is InChI=1S/C19H15FN2O2S/c1-12-21-9-17(25-12)11-24-16-6-7-18-13(8-16)10-22(19(18)23)15-4-2-14(20)3-5-15/h2-9H,10-11H2,1H3. The van der Waals surface area contributed by atoms with E-state index in [1.807, 2.05) is 19.2 Å². The second-order valence-electron chi connectivity index (χ2n) is 5.82. The lowest BCUT2D eigenvalue weighted by Gasteiger charge is -2.15. The Morgan fingerprint density at radius 1 is 1.24 bits per heavy atom. The second kappa shape index (κ2) is 6.29. The van der Waals surface area contributed by atoms with Crippen molar-refractivity contribution in [2.24, 2.45) is 0 Å². The van der Waals surface area contributed by atoms with Crippen LogP contribution in [0.5, 0.6) is 5.75 Å². The summed E-state index contributed by atoms with van der Waals surface area (Å²) >= 11 is 1.60. The van der Waals surface area contributed by atoms with Crippen molar-refractivity contribution in [1.82, 2.24) is 4.98 Å². The number of halogens is 1. The van der Waals surface area contributed by atoms with Gasteiger partial charge in [0.25, 0.3) is 5.91 Å². The van der Waals surface area contributed by atoms with E-state index in [9.17, 15) is 9.18 Å². The van der Waals surface area contributed by atoms with Gasteiger partial charge in [-0.3, -0.25) is 4.79 Å². The first-order chi connectivity index (χ1) is 12.1. The molecule has 126 valence electrons. The molecule has 0 saturated carbocycles. The lowest BCUT2D eigenvalue weighted by molar-refractivity contribution is 0.0996. The van der Waals surface area contributed by atoms with Gasteiger partial charge in [-0.15, -0.1) is 11.3 Å². The van der Waals surface area contributed by atoms with Crippen LogP contribution in [0.2, 0.25) is 0 Å². The number of hydrogen-bond donors (Lipinski definition) is 0. The van der Waals surface area contributed by atoms with E-state index in [0.29, 0.717) is 24.4 Å². The Hall–Kier alpha value is -2.73. The number of fused-ring (bicyclic) bond motifs is 1. The summed E-state index contributed by atoms with van der Waals surface area (Å²) in [5.74, 6) is 0.326. The fourth-order valence-electron chi connectivity index (χ4n) is 2.84. The summed E-state index contributed by atoms with van der Waals surface area (Å²) in [6, 6.07) is 11.4. The number of aromatic nitrogens is 1. The van der Waals surface area contributed by atoms with Gasteiger partial charge in [-0.25, -0.2) is 9.37 Å².